The molecule has 0 aromatic carbocycles. The van der Waals surface area contributed by atoms with Crippen molar-refractivity contribution in [2.75, 3.05) is 6.54 Å². The van der Waals surface area contributed by atoms with Gasteiger partial charge in [-0.05, 0) is 26.3 Å². The largest absolute Gasteiger partial charge is 0.349 e. The van der Waals surface area contributed by atoms with Crippen LogP contribution in [0.2, 0.25) is 0 Å². The lowest BCUT2D eigenvalue weighted by atomic mass is 9.96. The molecule has 1 aromatic heterocycles. The van der Waals surface area contributed by atoms with E-state index in [4.69, 9.17) is 5.26 Å². The number of aryl methyl sites for hydroxylation is 2. The molecule has 1 N–H and O–H groups in total. The van der Waals surface area contributed by atoms with Gasteiger partial charge in [-0.3, -0.25) is 9.48 Å². The van der Waals surface area contributed by atoms with Crippen molar-refractivity contribution in [1.29, 1.82) is 5.26 Å². The molecule has 5 heteroatoms. The third kappa shape index (κ3) is 3.31. The average Bonchev–Trinajstić information content (AvgIpc) is 2.68. The topological polar surface area (TPSA) is 70.7 Å². The Morgan fingerprint density at radius 1 is 1.65 bits per heavy atom. The standard InChI is InChI=1S/C12H18N4O/c1-5-9-6-10(16(4)15-9)11(17)14-8-12(2,3)7-13/h6H,5,8H2,1-4H3,(H,14,17). The summed E-state index contributed by atoms with van der Waals surface area (Å²) < 4.78 is 1.56. The number of hydrogen-bond acceptors (Lipinski definition) is 3. The first-order valence-corrected chi connectivity index (χ1v) is 5.62. The summed E-state index contributed by atoms with van der Waals surface area (Å²) in [4.78, 5) is 11.9. The molecule has 0 aliphatic rings. The Labute approximate surface area is 101 Å². The maximum Gasteiger partial charge on any atom is 0.269 e. The lowest BCUT2D eigenvalue weighted by Gasteiger charge is -2.15. The van der Waals surface area contributed by atoms with Crippen LogP contribution in [0.5, 0.6) is 0 Å². The van der Waals surface area contributed by atoms with Gasteiger partial charge in [-0.2, -0.15) is 10.4 Å². The molecule has 17 heavy (non-hydrogen) atoms. The molecule has 0 aliphatic heterocycles. The third-order valence-electron chi connectivity index (χ3n) is 2.52. The van der Waals surface area contributed by atoms with Crippen molar-refractivity contribution in [3.05, 3.63) is 17.5 Å². The van der Waals surface area contributed by atoms with Crippen LogP contribution in [0.4, 0.5) is 0 Å². The minimum Gasteiger partial charge on any atom is -0.349 e. The number of rotatable bonds is 4. The first-order valence-electron chi connectivity index (χ1n) is 5.62. The van der Waals surface area contributed by atoms with Crippen molar-refractivity contribution in [2.24, 2.45) is 12.5 Å². The first-order chi connectivity index (χ1) is 7.89. The van der Waals surface area contributed by atoms with Gasteiger partial charge in [-0.1, -0.05) is 6.92 Å². The van der Waals surface area contributed by atoms with Crippen LogP contribution in [-0.4, -0.2) is 22.2 Å². The monoisotopic (exact) mass is 234 g/mol. The highest BCUT2D eigenvalue weighted by atomic mass is 16.2. The van der Waals surface area contributed by atoms with E-state index < -0.39 is 5.41 Å². The molecule has 1 amide bonds. The van der Waals surface area contributed by atoms with Crippen LogP contribution in [-0.2, 0) is 13.5 Å². The fraction of sp³-hybridized carbons (Fsp3) is 0.583. The van der Waals surface area contributed by atoms with Crippen LogP contribution in [0.3, 0.4) is 0 Å². The minimum absolute atomic E-state index is 0.192. The normalized spacial score (nSPS) is 11.0. The molecule has 1 aromatic rings. The van der Waals surface area contributed by atoms with Crippen molar-refractivity contribution in [3.8, 4) is 6.07 Å². The molecule has 0 atom stereocenters. The van der Waals surface area contributed by atoms with Crippen LogP contribution in [0.1, 0.15) is 37.0 Å². The summed E-state index contributed by atoms with van der Waals surface area (Å²) in [5, 5.41) is 15.8. The Morgan fingerprint density at radius 3 is 2.76 bits per heavy atom. The molecule has 0 unspecified atom stereocenters. The number of carbonyl (C=O) groups is 1. The van der Waals surface area contributed by atoms with E-state index in [9.17, 15) is 4.79 Å². The van der Waals surface area contributed by atoms with Gasteiger partial charge in [0.1, 0.15) is 5.69 Å². The quantitative estimate of drug-likeness (QED) is 0.852. The fourth-order valence-electron chi connectivity index (χ4n) is 1.34. The van der Waals surface area contributed by atoms with E-state index in [1.165, 1.54) is 0 Å². The van der Waals surface area contributed by atoms with Gasteiger partial charge in [0.05, 0.1) is 17.2 Å². The van der Waals surface area contributed by atoms with E-state index in [0.717, 1.165) is 12.1 Å². The Hall–Kier alpha value is -1.83. The summed E-state index contributed by atoms with van der Waals surface area (Å²) in [5.41, 5.74) is 0.856. The zero-order chi connectivity index (χ0) is 13.1. The van der Waals surface area contributed by atoms with E-state index >= 15 is 0 Å². The Balaban J connectivity index is 2.71. The summed E-state index contributed by atoms with van der Waals surface area (Å²) in [7, 11) is 1.74. The number of nitriles is 1. The molecule has 0 aliphatic carbocycles. The van der Waals surface area contributed by atoms with E-state index in [1.807, 2.05) is 6.92 Å². The Morgan fingerprint density at radius 2 is 2.29 bits per heavy atom. The van der Waals surface area contributed by atoms with Gasteiger partial charge in [0.25, 0.3) is 5.91 Å². The van der Waals surface area contributed by atoms with Gasteiger partial charge >= 0.3 is 0 Å². The van der Waals surface area contributed by atoms with E-state index in [2.05, 4.69) is 16.5 Å². The number of amides is 1. The number of aromatic nitrogens is 2. The second-order valence-corrected chi connectivity index (χ2v) is 4.68. The number of nitrogens with one attached hydrogen (secondary N) is 1. The number of hydrogen-bond donors (Lipinski definition) is 1. The van der Waals surface area contributed by atoms with Crippen LogP contribution in [0.25, 0.3) is 0 Å². The zero-order valence-electron chi connectivity index (χ0n) is 10.7. The average molecular weight is 234 g/mol. The second-order valence-electron chi connectivity index (χ2n) is 4.68. The lowest BCUT2D eigenvalue weighted by molar-refractivity contribution is 0.0934. The van der Waals surface area contributed by atoms with E-state index in [0.29, 0.717) is 12.2 Å². The number of carbonyl (C=O) groups excluding carboxylic acids is 1. The van der Waals surface area contributed by atoms with Crippen LogP contribution >= 0.6 is 0 Å². The van der Waals surface area contributed by atoms with Crippen LogP contribution in [0.15, 0.2) is 6.07 Å². The number of nitrogens with zero attached hydrogens (tertiary/aromatic N) is 3. The Kier molecular flexibility index (Phi) is 3.89. The maximum absolute atomic E-state index is 11.9. The summed E-state index contributed by atoms with van der Waals surface area (Å²) in [6.07, 6.45) is 0.796. The third-order valence-corrected chi connectivity index (χ3v) is 2.52. The van der Waals surface area contributed by atoms with Gasteiger partial charge in [0, 0.05) is 13.6 Å². The molecular weight excluding hydrogens is 216 g/mol. The van der Waals surface area contributed by atoms with Gasteiger partial charge in [0.15, 0.2) is 0 Å². The summed E-state index contributed by atoms with van der Waals surface area (Å²) in [5.74, 6) is -0.192. The summed E-state index contributed by atoms with van der Waals surface area (Å²) in [6, 6.07) is 3.91. The van der Waals surface area contributed by atoms with Gasteiger partial charge in [-0.15, -0.1) is 0 Å². The smallest absolute Gasteiger partial charge is 0.269 e. The molecule has 1 heterocycles. The molecule has 0 saturated heterocycles. The SMILES string of the molecule is CCc1cc(C(=O)NCC(C)(C)C#N)n(C)n1. The molecule has 5 nitrogen and oxygen atoms in total. The maximum atomic E-state index is 11.9. The molecule has 0 spiro atoms. The predicted molar refractivity (Wildman–Crippen MR) is 64.3 cm³/mol. The van der Waals surface area contributed by atoms with E-state index in [1.54, 1.807) is 31.6 Å². The lowest BCUT2D eigenvalue weighted by Crippen LogP contribution is -2.34. The molecular formula is C12H18N4O. The minimum atomic E-state index is -0.554. The summed E-state index contributed by atoms with van der Waals surface area (Å²) >= 11 is 0. The van der Waals surface area contributed by atoms with Gasteiger partial charge in [0.2, 0.25) is 0 Å². The molecule has 0 bridgehead atoms. The van der Waals surface area contributed by atoms with Crippen molar-refractivity contribution >= 4 is 5.91 Å². The zero-order valence-corrected chi connectivity index (χ0v) is 10.7. The Bertz CT molecular complexity index is 454. The first kappa shape index (κ1) is 13.2. The van der Waals surface area contributed by atoms with Crippen molar-refractivity contribution in [3.63, 3.8) is 0 Å². The van der Waals surface area contributed by atoms with Crippen molar-refractivity contribution in [1.82, 2.24) is 15.1 Å². The molecule has 0 saturated carbocycles. The van der Waals surface area contributed by atoms with Crippen LogP contribution < -0.4 is 5.32 Å². The predicted octanol–water partition coefficient (Wildman–Crippen LogP) is 1.26. The van der Waals surface area contributed by atoms with Gasteiger partial charge in [-0.25, -0.2) is 0 Å². The highest BCUT2D eigenvalue weighted by molar-refractivity contribution is 5.92. The molecule has 0 radical (unpaired) electrons. The van der Waals surface area contributed by atoms with Crippen LogP contribution in [0, 0.1) is 16.7 Å². The van der Waals surface area contributed by atoms with Gasteiger partial charge < -0.3 is 5.32 Å². The second kappa shape index (κ2) is 5.00. The van der Waals surface area contributed by atoms with Crippen molar-refractivity contribution in [2.45, 2.75) is 27.2 Å². The fourth-order valence-corrected chi connectivity index (χ4v) is 1.34. The highest BCUT2D eigenvalue weighted by Crippen LogP contribution is 2.11. The molecule has 0 fully saturated rings. The van der Waals surface area contributed by atoms with Crippen molar-refractivity contribution < 1.29 is 4.79 Å². The highest BCUT2D eigenvalue weighted by Gasteiger charge is 2.19. The van der Waals surface area contributed by atoms with E-state index in [-0.39, 0.29) is 5.91 Å². The summed E-state index contributed by atoms with van der Waals surface area (Å²) in [6.45, 7) is 5.89. The molecule has 1 rings (SSSR count). The molecule has 92 valence electrons.